The van der Waals surface area contributed by atoms with Gasteiger partial charge in [0.15, 0.2) is 0 Å². The molecule has 1 aliphatic carbocycles. The van der Waals surface area contributed by atoms with Gasteiger partial charge in [0, 0.05) is 31.2 Å². The van der Waals surface area contributed by atoms with Gasteiger partial charge in [-0.25, -0.2) is 8.78 Å². The highest BCUT2D eigenvalue weighted by Gasteiger charge is 2.60. The second kappa shape index (κ2) is 6.06. The van der Waals surface area contributed by atoms with Crippen LogP contribution in [0.5, 0.6) is 0 Å². The van der Waals surface area contributed by atoms with Crippen LogP contribution < -0.4 is 0 Å². The number of carbonyl (C=O) groups excluding carboxylic acids is 1. The van der Waals surface area contributed by atoms with Gasteiger partial charge in [-0.2, -0.15) is 5.26 Å². The van der Waals surface area contributed by atoms with Gasteiger partial charge in [0.2, 0.25) is 0 Å². The van der Waals surface area contributed by atoms with Crippen LogP contribution in [-0.4, -0.2) is 36.6 Å². The maximum Gasteiger partial charge on any atom is 0.260 e. The highest BCUT2D eigenvalue weighted by molar-refractivity contribution is 5.96. The molecule has 4 nitrogen and oxygen atoms in total. The van der Waals surface area contributed by atoms with Crippen molar-refractivity contribution in [1.29, 1.82) is 5.26 Å². The first kappa shape index (κ1) is 16.5. The van der Waals surface area contributed by atoms with Crippen LogP contribution >= 0.6 is 0 Å². The van der Waals surface area contributed by atoms with Gasteiger partial charge in [-0.05, 0) is 43.7 Å². The van der Waals surface area contributed by atoms with E-state index in [1.807, 2.05) is 0 Å². The molecule has 3 fully saturated rings. The Kier molecular flexibility index (Phi) is 3.99. The molecule has 132 valence electrons. The Bertz CT molecular complexity index is 725. The van der Waals surface area contributed by atoms with Gasteiger partial charge >= 0.3 is 0 Å². The summed E-state index contributed by atoms with van der Waals surface area (Å²) in [6.07, 6.45) is 5.08. The van der Waals surface area contributed by atoms with Gasteiger partial charge in [-0.15, -0.1) is 0 Å². The topological polar surface area (TPSA) is 53.3 Å². The van der Waals surface area contributed by atoms with Gasteiger partial charge in [0.05, 0.1) is 11.6 Å². The lowest BCUT2D eigenvalue weighted by Crippen LogP contribution is -2.71. The molecule has 1 aromatic carbocycles. The molecule has 1 saturated carbocycles. The van der Waals surface area contributed by atoms with Crippen LogP contribution in [-0.2, 0) is 4.74 Å². The van der Waals surface area contributed by atoms with E-state index < -0.39 is 23.1 Å². The third kappa shape index (κ3) is 2.53. The van der Waals surface area contributed by atoms with Gasteiger partial charge in [-0.3, -0.25) is 4.79 Å². The summed E-state index contributed by atoms with van der Waals surface area (Å²) in [7, 11) is 0. The highest BCUT2D eigenvalue weighted by Crippen LogP contribution is 2.57. The molecule has 2 saturated heterocycles. The van der Waals surface area contributed by atoms with Crippen molar-refractivity contribution < 1.29 is 18.3 Å². The van der Waals surface area contributed by atoms with E-state index in [0.29, 0.717) is 25.7 Å². The lowest BCUT2D eigenvalue weighted by atomic mass is 9.54. The van der Waals surface area contributed by atoms with Crippen molar-refractivity contribution in [3.05, 3.63) is 34.9 Å². The molecule has 6 heteroatoms. The Morgan fingerprint density at radius 3 is 2.40 bits per heavy atom. The highest BCUT2D eigenvalue weighted by atomic mass is 19.1. The zero-order chi connectivity index (χ0) is 17.6. The van der Waals surface area contributed by atoms with Crippen molar-refractivity contribution in [2.24, 2.45) is 11.3 Å². The summed E-state index contributed by atoms with van der Waals surface area (Å²) in [5, 5.41) is 8.81. The number of hydrogen-bond donors (Lipinski definition) is 0. The zero-order valence-electron chi connectivity index (χ0n) is 13.9. The minimum Gasteiger partial charge on any atom is -0.381 e. The fourth-order valence-corrected chi connectivity index (χ4v) is 4.80. The number of halogens is 2. The Labute approximate surface area is 145 Å². The number of ether oxygens (including phenoxy) is 1. The third-order valence-corrected chi connectivity index (χ3v) is 6.16. The Morgan fingerprint density at radius 2 is 1.88 bits per heavy atom. The quantitative estimate of drug-likeness (QED) is 0.826. The molecule has 0 radical (unpaired) electrons. The van der Waals surface area contributed by atoms with E-state index in [2.05, 4.69) is 0 Å². The molecular weight excluding hydrogens is 326 g/mol. The summed E-state index contributed by atoms with van der Waals surface area (Å²) in [6, 6.07) is 3.61. The molecule has 25 heavy (non-hydrogen) atoms. The number of carbonyl (C=O) groups is 1. The number of nitriles is 1. The maximum absolute atomic E-state index is 14.3. The van der Waals surface area contributed by atoms with Crippen molar-refractivity contribution in [3.63, 3.8) is 0 Å². The number of hydrogen-bond acceptors (Lipinski definition) is 3. The smallest absolute Gasteiger partial charge is 0.260 e. The third-order valence-electron chi connectivity index (χ3n) is 6.16. The van der Waals surface area contributed by atoms with E-state index in [0.717, 1.165) is 44.2 Å². The van der Waals surface area contributed by atoms with E-state index in [9.17, 15) is 13.6 Å². The maximum atomic E-state index is 14.3. The minimum absolute atomic E-state index is 0.0482. The lowest BCUT2D eigenvalue weighted by molar-refractivity contribution is -0.140. The molecule has 1 spiro atoms. The average Bonchev–Trinajstić information content (AvgIpc) is 2.53. The normalized spacial score (nSPS) is 25.2. The molecule has 0 bridgehead atoms. The number of nitrogens with zero attached hydrogens (tertiary/aromatic N) is 2. The van der Waals surface area contributed by atoms with Crippen LogP contribution in [0.25, 0.3) is 0 Å². The van der Waals surface area contributed by atoms with Crippen LogP contribution in [0.4, 0.5) is 8.78 Å². The SMILES string of the molecule is N#Cc1cc(F)c(C(=O)N2CC3(CCC3)C2C2CCOCC2)c(F)c1. The second-order valence-corrected chi connectivity index (χ2v) is 7.47. The first-order valence-corrected chi connectivity index (χ1v) is 8.83. The van der Waals surface area contributed by atoms with E-state index in [4.69, 9.17) is 10.00 Å². The number of rotatable bonds is 2. The van der Waals surface area contributed by atoms with Crippen molar-refractivity contribution >= 4 is 5.91 Å². The molecule has 2 aliphatic heterocycles. The Balaban J connectivity index is 1.62. The van der Waals surface area contributed by atoms with Crippen molar-refractivity contribution in [1.82, 2.24) is 4.90 Å². The number of benzene rings is 1. The Morgan fingerprint density at radius 1 is 1.24 bits per heavy atom. The number of likely N-dealkylation sites (tertiary alicyclic amines) is 1. The average molecular weight is 346 g/mol. The second-order valence-electron chi connectivity index (χ2n) is 7.47. The summed E-state index contributed by atoms with van der Waals surface area (Å²) in [5.74, 6) is -2.17. The first-order valence-electron chi connectivity index (χ1n) is 8.83. The van der Waals surface area contributed by atoms with E-state index in [-0.39, 0.29) is 17.0 Å². The first-order chi connectivity index (χ1) is 12.1. The van der Waals surface area contributed by atoms with Gasteiger partial charge in [0.1, 0.15) is 17.2 Å². The van der Waals surface area contributed by atoms with E-state index in [1.165, 1.54) is 0 Å². The Hall–Kier alpha value is -2.00. The predicted molar refractivity (Wildman–Crippen MR) is 85.7 cm³/mol. The summed E-state index contributed by atoms with van der Waals surface area (Å²) < 4.78 is 34.0. The van der Waals surface area contributed by atoms with Crippen LogP contribution in [0.15, 0.2) is 12.1 Å². The summed E-state index contributed by atoms with van der Waals surface area (Å²) in [6.45, 7) is 1.93. The number of amides is 1. The minimum atomic E-state index is -0.957. The van der Waals surface area contributed by atoms with Crippen molar-refractivity contribution in [2.75, 3.05) is 19.8 Å². The molecule has 1 amide bonds. The van der Waals surface area contributed by atoms with E-state index in [1.54, 1.807) is 11.0 Å². The molecule has 0 aromatic heterocycles. The lowest BCUT2D eigenvalue weighted by Gasteiger charge is -2.65. The van der Waals surface area contributed by atoms with E-state index >= 15 is 0 Å². The van der Waals surface area contributed by atoms with Gasteiger partial charge in [0.25, 0.3) is 5.91 Å². The van der Waals surface area contributed by atoms with Gasteiger partial charge < -0.3 is 9.64 Å². The summed E-state index contributed by atoms with van der Waals surface area (Å²) >= 11 is 0. The molecule has 0 N–H and O–H groups in total. The fraction of sp³-hybridized carbons (Fsp3) is 0.579. The zero-order valence-corrected chi connectivity index (χ0v) is 13.9. The predicted octanol–water partition coefficient (Wildman–Crippen LogP) is 3.26. The molecule has 1 atom stereocenters. The van der Waals surface area contributed by atoms with Crippen LogP contribution in [0.2, 0.25) is 0 Å². The standard InChI is InChI=1S/C19H20F2N2O2/c20-14-8-12(10-22)9-15(21)16(14)18(24)23-11-19(4-1-5-19)17(23)13-2-6-25-7-3-13/h8-9,13,17H,1-7,11H2. The molecule has 1 unspecified atom stereocenters. The summed E-state index contributed by atoms with van der Waals surface area (Å²) in [5.41, 5.74) is -0.520. The van der Waals surface area contributed by atoms with Crippen LogP contribution in [0.1, 0.15) is 48.0 Å². The fourth-order valence-electron chi connectivity index (χ4n) is 4.80. The molecular formula is C19H20F2N2O2. The molecule has 3 aliphatic rings. The summed E-state index contributed by atoms with van der Waals surface area (Å²) in [4.78, 5) is 14.5. The molecule has 2 heterocycles. The van der Waals surface area contributed by atoms with Crippen molar-refractivity contribution in [2.45, 2.75) is 38.1 Å². The largest absolute Gasteiger partial charge is 0.381 e. The van der Waals surface area contributed by atoms with Crippen LogP contribution in [0, 0.1) is 34.3 Å². The van der Waals surface area contributed by atoms with Gasteiger partial charge in [-0.1, -0.05) is 6.42 Å². The molecule has 1 aromatic rings. The van der Waals surface area contributed by atoms with Crippen molar-refractivity contribution in [3.8, 4) is 6.07 Å². The monoisotopic (exact) mass is 346 g/mol. The molecule has 4 rings (SSSR count). The van der Waals surface area contributed by atoms with Crippen LogP contribution in [0.3, 0.4) is 0 Å².